The lowest BCUT2D eigenvalue weighted by Gasteiger charge is -2.27. The van der Waals surface area contributed by atoms with Crippen LogP contribution in [0.2, 0.25) is 0 Å². The van der Waals surface area contributed by atoms with E-state index in [0.29, 0.717) is 0 Å². The molecule has 0 aromatic heterocycles. The van der Waals surface area contributed by atoms with Gasteiger partial charge < -0.3 is 0 Å². The molecule has 0 rings (SSSR count). The SMILES string of the molecule is C=C(C)C(NC(C)(C)C)C(C)=O. The molecule has 1 unspecified atom stereocenters. The second-order valence-corrected chi connectivity index (χ2v) is 4.28. The number of hydrogen-bond acceptors (Lipinski definition) is 2. The van der Waals surface area contributed by atoms with Crippen LogP contribution >= 0.6 is 0 Å². The van der Waals surface area contributed by atoms with Gasteiger partial charge >= 0.3 is 0 Å². The number of rotatable bonds is 3. The van der Waals surface area contributed by atoms with Gasteiger partial charge in [-0.15, -0.1) is 0 Å². The molecule has 0 aromatic rings. The molecule has 0 aliphatic carbocycles. The topological polar surface area (TPSA) is 29.1 Å². The Morgan fingerprint density at radius 1 is 1.33 bits per heavy atom. The van der Waals surface area contributed by atoms with Crippen molar-refractivity contribution in [1.29, 1.82) is 0 Å². The predicted molar refractivity (Wildman–Crippen MR) is 52.2 cm³/mol. The van der Waals surface area contributed by atoms with Crippen LogP contribution in [-0.2, 0) is 4.79 Å². The third-order valence-electron chi connectivity index (χ3n) is 1.48. The highest BCUT2D eigenvalue weighted by Gasteiger charge is 2.20. The van der Waals surface area contributed by atoms with E-state index in [2.05, 4.69) is 11.9 Å². The van der Waals surface area contributed by atoms with E-state index in [0.717, 1.165) is 5.57 Å². The van der Waals surface area contributed by atoms with Crippen LogP contribution < -0.4 is 5.32 Å². The Hall–Kier alpha value is -0.630. The van der Waals surface area contributed by atoms with Crippen LogP contribution in [0.4, 0.5) is 0 Å². The van der Waals surface area contributed by atoms with Gasteiger partial charge in [0.25, 0.3) is 0 Å². The summed E-state index contributed by atoms with van der Waals surface area (Å²) in [5.74, 6) is 0.123. The number of ketones is 1. The minimum Gasteiger partial charge on any atom is -0.299 e. The first-order valence-corrected chi connectivity index (χ1v) is 4.17. The highest BCUT2D eigenvalue weighted by Crippen LogP contribution is 2.07. The summed E-state index contributed by atoms with van der Waals surface area (Å²) in [6.07, 6.45) is 0. The lowest BCUT2D eigenvalue weighted by atomic mass is 10.0. The van der Waals surface area contributed by atoms with Crippen LogP contribution in [0.5, 0.6) is 0 Å². The Labute approximate surface area is 75.0 Å². The average molecular weight is 169 g/mol. The van der Waals surface area contributed by atoms with Gasteiger partial charge in [0.15, 0.2) is 5.78 Å². The molecule has 0 fully saturated rings. The molecule has 0 aromatic carbocycles. The smallest absolute Gasteiger partial charge is 0.150 e. The van der Waals surface area contributed by atoms with Crippen molar-refractivity contribution in [2.75, 3.05) is 0 Å². The molecule has 1 atom stereocenters. The molecule has 0 heterocycles. The monoisotopic (exact) mass is 169 g/mol. The minimum absolute atomic E-state index is 0.0463. The highest BCUT2D eigenvalue weighted by atomic mass is 16.1. The maximum Gasteiger partial charge on any atom is 0.150 e. The number of Topliss-reactive ketones (excluding diaryl/α,β-unsaturated/α-hetero) is 1. The average Bonchev–Trinajstić information content (AvgIpc) is 1.79. The molecule has 0 aliphatic heterocycles. The first-order valence-electron chi connectivity index (χ1n) is 4.17. The van der Waals surface area contributed by atoms with E-state index in [-0.39, 0.29) is 17.4 Å². The number of carbonyl (C=O) groups is 1. The van der Waals surface area contributed by atoms with Crippen molar-refractivity contribution in [3.05, 3.63) is 12.2 Å². The number of nitrogens with one attached hydrogen (secondary N) is 1. The molecule has 2 nitrogen and oxygen atoms in total. The second kappa shape index (κ2) is 3.85. The van der Waals surface area contributed by atoms with Crippen LogP contribution in [-0.4, -0.2) is 17.4 Å². The fourth-order valence-corrected chi connectivity index (χ4v) is 1.00. The summed E-state index contributed by atoms with van der Waals surface area (Å²) in [5.41, 5.74) is 0.826. The van der Waals surface area contributed by atoms with Crippen LogP contribution in [0.3, 0.4) is 0 Å². The minimum atomic E-state index is -0.204. The summed E-state index contributed by atoms with van der Waals surface area (Å²) in [4.78, 5) is 11.1. The molecule has 0 saturated carbocycles. The van der Waals surface area contributed by atoms with Gasteiger partial charge in [-0.3, -0.25) is 10.1 Å². The zero-order valence-electron chi connectivity index (χ0n) is 8.69. The molecular formula is C10H19NO. The first-order chi connectivity index (χ1) is 5.24. The van der Waals surface area contributed by atoms with Gasteiger partial charge in [-0.1, -0.05) is 12.2 Å². The Morgan fingerprint density at radius 2 is 1.75 bits per heavy atom. The molecule has 1 N–H and O–H groups in total. The van der Waals surface area contributed by atoms with Crippen molar-refractivity contribution < 1.29 is 4.79 Å². The fourth-order valence-electron chi connectivity index (χ4n) is 1.00. The van der Waals surface area contributed by atoms with Gasteiger partial charge in [-0.05, 0) is 34.6 Å². The Balaban J connectivity index is 4.35. The molecule has 0 aliphatic rings. The van der Waals surface area contributed by atoms with Crippen molar-refractivity contribution in [1.82, 2.24) is 5.32 Å². The van der Waals surface area contributed by atoms with Crippen molar-refractivity contribution in [3.63, 3.8) is 0 Å². The van der Waals surface area contributed by atoms with Gasteiger partial charge in [0.2, 0.25) is 0 Å². The van der Waals surface area contributed by atoms with E-state index in [9.17, 15) is 4.79 Å². The molecule has 0 radical (unpaired) electrons. The third kappa shape index (κ3) is 4.29. The standard InChI is InChI=1S/C10H19NO/c1-7(2)9(8(3)12)11-10(4,5)6/h9,11H,1H2,2-6H3. The van der Waals surface area contributed by atoms with Crippen LogP contribution in [0.25, 0.3) is 0 Å². The molecule has 0 bridgehead atoms. The van der Waals surface area contributed by atoms with Crippen LogP contribution in [0, 0.1) is 0 Å². The normalized spacial score (nSPS) is 14.1. The van der Waals surface area contributed by atoms with Gasteiger partial charge in [-0.25, -0.2) is 0 Å². The summed E-state index contributed by atoms with van der Waals surface area (Å²) in [5, 5.41) is 3.21. The summed E-state index contributed by atoms with van der Waals surface area (Å²) in [6, 6.07) is -0.204. The van der Waals surface area contributed by atoms with E-state index in [1.54, 1.807) is 6.92 Å². The predicted octanol–water partition coefficient (Wildman–Crippen LogP) is 1.91. The van der Waals surface area contributed by atoms with Crippen molar-refractivity contribution in [3.8, 4) is 0 Å². The lowest BCUT2D eigenvalue weighted by Crippen LogP contribution is -2.47. The zero-order chi connectivity index (χ0) is 9.94. The van der Waals surface area contributed by atoms with E-state index in [4.69, 9.17) is 0 Å². The quantitative estimate of drug-likeness (QED) is 0.654. The Morgan fingerprint density at radius 3 is 1.83 bits per heavy atom. The van der Waals surface area contributed by atoms with Crippen LogP contribution in [0.1, 0.15) is 34.6 Å². The molecular weight excluding hydrogens is 150 g/mol. The molecule has 0 saturated heterocycles. The summed E-state index contributed by atoms with van der Waals surface area (Å²) < 4.78 is 0. The lowest BCUT2D eigenvalue weighted by molar-refractivity contribution is -0.118. The first kappa shape index (κ1) is 11.4. The van der Waals surface area contributed by atoms with Gasteiger partial charge in [-0.2, -0.15) is 0 Å². The van der Waals surface area contributed by atoms with E-state index < -0.39 is 0 Å². The number of carbonyl (C=O) groups excluding carboxylic acids is 1. The second-order valence-electron chi connectivity index (χ2n) is 4.28. The van der Waals surface area contributed by atoms with Gasteiger partial charge in [0.05, 0.1) is 6.04 Å². The Bertz CT molecular complexity index is 175. The highest BCUT2D eigenvalue weighted by molar-refractivity contribution is 5.84. The van der Waals surface area contributed by atoms with E-state index >= 15 is 0 Å². The van der Waals surface area contributed by atoms with Crippen molar-refractivity contribution in [2.24, 2.45) is 0 Å². The molecule has 70 valence electrons. The Kier molecular flexibility index (Phi) is 3.65. The summed E-state index contributed by atoms with van der Waals surface area (Å²) >= 11 is 0. The van der Waals surface area contributed by atoms with Gasteiger partial charge in [0, 0.05) is 5.54 Å². The van der Waals surface area contributed by atoms with Gasteiger partial charge in [0.1, 0.15) is 0 Å². The van der Waals surface area contributed by atoms with E-state index in [1.165, 1.54) is 0 Å². The fraction of sp³-hybridized carbons (Fsp3) is 0.700. The zero-order valence-corrected chi connectivity index (χ0v) is 8.69. The number of hydrogen-bond donors (Lipinski definition) is 1. The molecule has 12 heavy (non-hydrogen) atoms. The summed E-state index contributed by atoms with van der Waals surface area (Å²) in [7, 11) is 0. The molecule has 0 spiro atoms. The van der Waals surface area contributed by atoms with Crippen molar-refractivity contribution in [2.45, 2.75) is 46.2 Å². The maximum absolute atomic E-state index is 11.1. The van der Waals surface area contributed by atoms with Crippen molar-refractivity contribution >= 4 is 5.78 Å². The maximum atomic E-state index is 11.1. The largest absolute Gasteiger partial charge is 0.299 e. The third-order valence-corrected chi connectivity index (χ3v) is 1.48. The van der Waals surface area contributed by atoms with E-state index in [1.807, 2.05) is 27.7 Å². The molecule has 0 amide bonds. The van der Waals surface area contributed by atoms with Crippen LogP contribution in [0.15, 0.2) is 12.2 Å². The molecule has 2 heteroatoms. The summed E-state index contributed by atoms with van der Waals surface area (Å²) in [6.45, 7) is 13.3.